The van der Waals surface area contributed by atoms with Gasteiger partial charge in [0.2, 0.25) is 11.8 Å². The largest absolute Gasteiger partial charge is 0.379 e. The zero-order chi connectivity index (χ0) is 30.8. The van der Waals surface area contributed by atoms with Crippen molar-refractivity contribution in [2.24, 2.45) is 0 Å². The van der Waals surface area contributed by atoms with E-state index in [2.05, 4.69) is 16.0 Å². The standard InChI is InChI=1S/C28H55N3O11/c1-26(33)30-8-10-36-12-14-38-16-18-40-20-22-42-24-23-41-21-19-39-17-15-37-13-11-35-9-6-28(34)31-27(25-32)5-3-4-7-29-2/h25,27,29H,3-24H2,1-2H3,(H,30,33)(H,31,34). The lowest BCUT2D eigenvalue weighted by molar-refractivity contribution is -0.125. The molecule has 0 radical (unpaired) electrons. The Labute approximate surface area is 251 Å². The number of unbranched alkanes of at least 4 members (excludes halogenated alkanes) is 1. The normalized spacial score (nSPS) is 11.9. The molecule has 2 amide bonds. The average molecular weight is 610 g/mol. The summed E-state index contributed by atoms with van der Waals surface area (Å²) >= 11 is 0. The molecule has 14 heteroatoms. The van der Waals surface area contributed by atoms with Gasteiger partial charge in [-0.3, -0.25) is 9.59 Å². The molecule has 0 aliphatic carbocycles. The van der Waals surface area contributed by atoms with E-state index in [1.165, 1.54) is 6.92 Å². The van der Waals surface area contributed by atoms with Crippen LogP contribution in [0.5, 0.6) is 0 Å². The number of carbonyl (C=O) groups excluding carboxylic acids is 3. The number of rotatable bonds is 34. The Bertz CT molecular complexity index is 618. The predicted octanol–water partition coefficient (Wildman–Crippen LogP) is -0.281. The molecule has 0 rings (SSSR count). The Morgan fingerprint density at radius 1 is 0.595 bits per heavy atom. The smallest absolute Gasteiger partial charge is 0.222 e. The molecule has 42 heavy (non-hydrogen) atoms. The van der Waals surface area contributed by atoms with Crippen molar-refractivity contribution in [3.63, 3.8) is 0 Å². The van der Waals surface area contributed by atoms with Crippen LogP contribution in [0.4, 0.5) is 0 Å². The molecule has 0 aromatic carbocycles. The van der Waals surface area contributed by atoms with Crippen LogP contribution in [0.2, 0.25) is 0 Å². The molecule has 1 atom stereocenters. The maximum atomic E-state index is 11.9. The van der Waals surface area contributed by atoms with E-state index in [9.17, 15) is 14.4 Å². The summed E-state index contributed by atoms with van der Waals surface area (Å²) in [5.74, 6) is -0.255. The average Bonchev–Trinajstić information content (AvgIpc) is 2.98. The Morgan fingerprint density at radius 2 is 1.00 bits per heavy atom. The molecule has 0 aromatic rings. The molecule has 0 fully saturated rings. The minimum absolute atomic E-state index is 0.0670. The number of hydrogen-bond acceptors (Lipinski definition) is 12. The van der Waals surface area contributed by atoms with Gasteiger partial charge in [-0.25, -0.2) is 0 Å². The molecule has 0 aromatic heterocycles. The Balaban J connectivity index is 3.22. The van der Waals surface area contributed by atoms with E-state index < -0.39 is 6.04 Å². The van der Waals surface area contributed by atoms with Crippen LogP contribution < -0.4 is 16.0 Å². The lowest BCUT2D eigenvalue weighted by Crippen LogP contribution is -2.36. The maximum absolute atomic E-state index is 11.9. The summed E-state index contributed by atoms with van der Waals surface area (Å²) < 4.78 is 43.3. The first-order chi connectivity index (χ1) is 20.6. The van der Waals surface area contributed by atoms with E-state index in [0.29, 0.717) is 112 Å². The van der Waals surface area contributed by atoms with Gasteiger partial charge in [-0.15, -0.1) is 0 Å². The number of amides is 2. The second-order valence-corrected chi connectivity index (χ2v) is 9.04. The maximum Gasteiger partial charge on any atom is 0.222 e. The van der Waals surface area contributed by atoms with Crippen molar-refractivity contribution in [2.45, 2.75) is 38.6 Å². The highest BCUT2D eigenvalue weighted by molar-refractivity contribution is 5.79. The van der Waals surface area contributed by atoms with Crippen LogP contribution >= 0.6 is 0 Å². The molecule has 0 aliphatic rings. The molecular weight excluding hydrogens is 554 g/mol. The minimum atomic E-state index is -0.439. The first kappa shape index (κ1) is 40.2. The Hall–Kier alpha value is -1.75. The zero-order valence-electron chi connectivity index (χ0n) is 25.7. The lowest BCUT2D eigenvalue weighted by Gasteiger charge is -2.13. The monoisotopic (exact) mass is 609 g/mol. The van der Waals surface area contributed by atoms with Crippen molar-refractivity contribution >= 4 is 18.1 Å². The van der Waals surface area contributed by atoms with Crippen molar-refractivity contribution in [2.75, 3.05) is 126 Å². The van der Waals surface area contributed by atoms with Gasteiger partial charge in [-0.2, -0.15) is 0 Å². The summed E-state index contributed by atoms with van der Waals surface area (Å²) in [5, 5.41) is 8.43. The van der Waals surface area contributed by atoms with Crippen LogP contribution in [-0.2, 0) is 52.3 Å². The summed E-state index contributed by atoms with van der Waals surface area (Å²) in [6.07, 6.45) is 3.48. The number of hydrogen-bond donors (Lipinski definition) is 3. The van der Waals surface area contributed by atoms with Crippen LogP contribution in [0.1, 0.15) is 32.6 Å². The number of nitrogens with one attached hydrogen (secondary N) is 3. The third-order valence-corrected chi connectivity index (χ3v) is 5.40. The van der Waals surface area contributed by atoms with E-state index in [-0.39, 0.29) is 24.8 Å². The molecule has 248 valence electrons. The van der Waals surface area contributed by atoms with Crippen molar-refractivity contribution in [1.82, 2.24) is 16.0 Å². The molecule has 0 bridgehead atoms. The van der Waals surface area contributed by atoms with Gasteiger partial charge in [0.25, 0.3) is 0 Å². The molecule has 14 nitrogen and oxygen atoms in total. The summed E-state index contributed by atoms with van der Waals surface area (Å²) in [7, 11) is 1.89. The second-order valence-electron chi connectivity index (χ2n) is 9.04. The van der Waals surface area contributed by atoms with Crippen LogP contribution in [0, 0.1) is 0 Å². The fourth-order valence-electron chi connectivity index (χ4n) is 3.22. The minimum Gasteiger partial charge on any atom is -0.379 e. The molecule has 1 unspecified atom stereocenters. The Morgan fingerprint density at radius 3 is 1.38 bits per heavy atom. The summed E-state index contributed by atoms with van der Waals surface area (Å²) in [6, 6.07) is -0.439. The molecule has 0 saturated heterocycles. The van der Waals surface area contributed by atoms with Crippen LogP contribution in [0.25, 0.3) is 0 Å². The SMILES string of the molecule is CNCCCCC(C=O)NC(=O)CCOCCOCCOCCOCCOCCOCCOCCOCCNC(C)=O. The summed E-state index contributed by atoms with van der Waals surface area (Å²) in [6.45, 7) is 10.1. The fourth-order valence-corrected chi connectivity index (χ4v) is 3.22. The molecule has 0 heterocycles. The predicted molar refractivity (Wildman–Crippen MR) is 156 cm³/mol. The third kappa shape index (κ3) is 32.8. The first-order valence-electron chi connectivity index (χ1n) is 14.9. The topological polar surface area (TPSA) is 161 Å². The molecule has 3 N–H and O–H groups in total. The zero-order valence-corrected chi connectivity index (χ0v) is 25.7. The van der Waals surface area contributed by atoms with E-state index in [1.807, 2.05) is 7.05 Å². The highest BCUT2D eigenvalue weighted by Crippen LogP contribution is 1.99. The summed E-state index contributed by atoms with van der Waals surface area (Å²) in [5.41, 5.74) is 0. The van der Waals surface area contributed by atoms with Crippen LogP contribution in [0.15, 0.2) is 0 Å². The van der Waals surface area contributed by atoms with Gasteiger partial charge in [-0.1, -0.05) is 0 Å². The lowest BCUT2D eigenvalue weighted by atomic mass is 10.1. The van der Waals surface area contributed by atoms with Crippen molar-refractivity contribution in [3.05, 3.63) is 0 Å². The molecule has 0 spiro atoms. The molecule has 0 saturated carbocycles. The van der Waals surface area contributed by atoms with Crippen LogP contribution in [-0.4, -0.2) is 150 Å². The van der Waals surface area contributed by atoms with Gasteiger partial charge in [-0.05, 0) is 32.9 Å². The number of carbonyl (C=O) groups is 3. The van der Waals surface area contributed by atoms with Crippen molar-refractivity contribution in [3.8, 4) is 0 Å². The molecule has 0 aliphatic heterocycles. The van der Waals surface area contributed by atoms with Gasteiger partial charge in [0.05, 0.1) is 112 Å². The summed E-state index contributed by atoms with van der Waals surface area (Å²) in [4.78, 5) is 33.7. The van der Waals surface area contributed by atoms with E-state index in [0.717, 1.165) is 25.7 Å². The highest BCUT2D eigenvalue weighted by Gasteiger charge is 2.10. The van der Waals surface area contributed by atoms with Crippen molar-refractivity contribution in [1.29, 1.82) is 0 Å². The first-order valence-corrected chi connectivity index (χ1v) is 14.9. The Kier molecular flexibility index (Phi) is 32.3. The molecular formula is C28H55N3O11. The third-order valence-electron chi connectivity index (χ3n) is 5.40. The second kappa shape index (κ2) is 33.7. The van der Waals surface area contributed by atoms with Crippen LogP contribution in [0.3, 0.4) is 0 Å². The number of ether oxygens (including phenoxy) is 8. The highest BCUT2D eigenvalue weighted by atomic mass is 16.6. The quantitative estimate of drug-likeness (QED) is 0.0648. The van der Waals surface area contributed by atoms with Gasteiger partial charge < -0.3 is 58.6 Å². The van der Waals surface area contributed by atoms with Gasteiger partial charge in [0.1, 0.15) is 6.29 Å². The van der Waals surface area contributed by atoms with E-state index in [4.69, 9.17) is 37.9 Å². The van der Waals surface area contributed by atoms with Crippen molar-refractivity contribution < 1.29 is 52.3 Å². The fraction of sp³-hybridized carbons (Fsp3) is 0.893. The van der Waals surface area contributed by atoms with Gasteiger partial charge >= 0.3 is 0 Å². The number of aldehydes is 1. The van der Waals surface area contributed by atoms with E-state index in [1.54, 1.807) is 0 Å². The van der Waals surface area contributed by atoms with Gasteiger partial charge in [0, 0.05) is 19.9 Å². The van der Waals surface area contributed by atoms with E-state index >= 15 is 0 Å². The van der Waals surface area contributed by atoms with Gasteiger partial charge in [0.15, 0.2) is 0 Å².